The smallest absolute Gasteiger partial charge is 0.137 e. The van der Waals surface area contributed by atoms with Crippen LogP contribution in [0.5, 0.6) is 0 Å². The van der Waals surface area contributed by atoms with Crippen molar-refractivity contribution >= 4 is 5.78 Å². The van der Waals surface area contributed by atoms with Gasteiger partial charge in [-0.15, -0.1) is 0 Å². The average Bonchev–Trinajstić information content (AvgIpc) is 2.24. The van der Waals surface area contributed by atoms with Gasteiger partial charge in [0.05, 0.1) is 0 Å². The third-order valence-corrected chi connectivity index (χ3v) is 2.35. The van der Waals surface area contributed by atoms with Gasteiger partial charge in [-0.3, -0.25) is 4.79 Å². The summed E-state index contributed by atoms with van der Waals surface area (Å²) in [5.41, 5.74) is 5.15. The van der Waals surface area contributed by atoms with Gasteiger partial charge in [-0.05, 0) is 31.5 Å². The van der Waals surface area contributed by atoms with Crippen LogP contribution in [-0.2, 0) is 11.2 Å². The van der Waals surface area contributed by atoms with E-state index in [2.05, 4.69) is 0 Å². The second kappa shape index (κ2) is 6.33. The molecule has 16 heavy (non-hydrogen) atoms. The van der Waals surface area contributed by atoms with Crippen molar-refractivity contribution in [3.63, 3.8) is 0 Å². The summed E-state index contributed by atoms with van der Waals surface area (Å²) in [6.45, 7) is 0.529. The molecule has 1 aromatic carbocycles. The molecule has 0 radical (unpaired) electrons. The van der Waals surface area contributed by atoms with Crippen LogP contribution in [0.15, 0.2) is 18.2 Å². The number of carbonyl (C=O) groups excluding carboxylic acids is 1. The number of ketones is 1. The monoisotopic (exact) mass is 227 g/mol. The van der Waals surface area contributed by atoms with Crippen LogP contribution in [0.1, 0.15) is 24.8 Å². The molecule has 0 saturated carbocycles. The van der Waals surface area contributed by atoms with Gasteiger partial charge >= 0.3 is 0 Å². The molecule has 2 N–H and O–H groups in total. The van der Waals surface area contributed by atoms with Crippen LogP contribution in [-0.4, -0.2) is 12.3 Å². The molecule has 0 aliphatic carbocycles. The first-order valence-corrected chi connectivity index (χ1v) is 5.30. The molecule has 0 aliphatic rings. The molecular formula is C12H15F2NO. The van der Waals surface area contributed by atoms with Gasteiger partial charge in [0.1, 0.15) is 17.4 Å². The maximum atomic E-state index is 13.2. The number of halogens is 2. The standard InChI is InChI=1S/C12H15F2NO/c13-11-5-3-6-12(14)10(11)8-9(16)4-1-2-7-15/h3,5-6H,1-2,4,7-8,15H2. The Kier molecular flexibility index (Phi) is 5.05. The van der Waals surface area contributed by atoms with Crippen LogP contribution >= 0.6 is 0 Å². The number of nitrogens with two attached hydrogens (primary N) is 1. The topological polar surface area (TPSA) is 43.1 Å². The molecule has 0 bridgehead atoms. The molecule has 0 atom stereocenters. The van der Waals surface area contributed by atoms with E-state index in [1.807, 2.05) is 0 Å². The normalized spacial score (nSPS) is 10.4. The Morgan fingerprint density at radius 1 is 1.19 bits per heavy atom. The number of benzene rings is 1. The molecule has 1 aromatic rings. The summed E-state index contributed by atoms with van der Waals surface area (Å²) in [4.78, 5) is 11.4. The Morgan fingerprint density at radius 3 is 2.38 bits per heavy atom. The summed E-state index contributed by atoms with van der Waals surface area (Å²) in [5, 5.41) is 0. The van der Waals surface area contributed by atoms with E-state index in [0.717, 1.165) is 18.6 Å². The molecule has 88 valence electrons. The summed E-state index contributed by atoms with van der Waals surface area (Å²) >= 11 is 0. The average molecular weight is 227 g/mol. The lowest BCUT2D eigenvalue weighted by Crippen LogP contribution is -2.07. The fourth-order valence-electron chi connectivity index (χ4n) is 1.45. The predicted molar refractivity (Wildman–Crippen MR) is 58.0 cm³/mol. The van der Waals surface area contributed by atoms with Crippen molar-refractivity contribution in [3.05, 3.63) is 35.4 Å². The molecule has 0 amide bonds. The van der Waals surface area contributed by atoms with Gasteiger partial charge in [0, 0.05) is 18.4 Å². The maximum Gasteiger partial charge on any atom is 0.137 e. The Morgan fingerprint density at radius 2 is 1.81 bits per heavy atom. The highest BCUT2D eigenvalue weighted by Crippen LogP contribution is 2.14. The molecule has 0 aliphatic heterocycles. The number of hydrogen-bond acceptors (Lipinski definition) is 2. The zero-order valence-corrected chi connectivity index (χ0v) is 9.01. The molecule has 2 nitrogen and oxygen atoms in total. The van der Waals surface area contributed by atoms with E-state index in [0.29, 0.717) is 19.4 Å². The van der Waals surface area contributed by atoms with Crippen molar-refractivity contribution in [1.82, 2.24) is 0 Å². The molecule has 0 unspecified atom stereocenters. The van der Waals surface area contributed by atoms with E-state index in [1.165, 1.54) is 6.07 Å². The fraction of sp³-hybridized carbons (Fsp3) is 0.417. The van der Waals surface area contributed by atoms with Crippen molar-refractivity contribution in [2.75, 3.05) is 6.54 Å². The molecule has 0 aromatic heterocycles. The van der Waals surface area contributed by atoms with Crippen molar-refractivity contribution < 1.29 is 13.6 Å². The van der Waals surface area contributed by atoms with E-state index in [9.17, 15) is 13.6 Å². The quantitative estimate of drug-likeness (QED) is 0.757. The molecule has 0 fully saturated rings. The molecule has 4 heteroatoms. The van der Waals surface area contributed by atoms with Crippen LogP contribution in [0.2, 0.25) is 0 Å². The Bertz CT molecular complexity index is 346. The number of rotatable bonds is 6. The van der Waals surface area contributed by atoms with Gasteiger partial charge in [-0.25, -0.2) is 8.78 Å². The zero-order chi connectivity index (χ0) is 12.0. The largest absolute Gasteiger partial charge is 0.330 e. The van der Waals surface area contributed by atoms with Crippen molar-refractivity contribution in [3.8, 4) is 0 Å². The van der Waals surface area contributed by atoms with E-state index in [-0.39, 0.29) is 17.8 Å². The first kappa shape index (κ1) is 12.8. The van der Waals surface area contributed by atoms with Crippen LogP contribution in [0.3, 0.4) is 0 Å². The molecule has 0 spiro atoms. The van der Waals surface area contributed by atoms with Crippen molar-refractivity contribution in [2.24, 2.45) is 5.73 Å². The number of Topliss-reactive ketones (excluding diaryl/α,β-unsaturated/α-hetero) is 1. The van der Waals surface area contributed by atoms with E-state index >= 15 is 0 Å². The molecule has 0 saturated heterocycles. The zero-order valence-electron chi connectivity index (χ0n) is 9.01. The minimum atomic E-state index is -0.660. The molecule has 1 rings (SSSR count). The van der Waals surface area contributed by atoms with Crippen LogP contribution in [0.25, 0.3) is 0 Å². The number of carbonyl (C=O) groups is 1. The minimum Gasteiger partial charge on any atom is -0.330 e. The second-order valence-corrected chi connectivity index (χ2v) is 3.66. The summed E-state index contributed by atoms with van der Waals surface area (Å²) in [6, 6.07) is 3.60. The van der Waals surface area contributed by atoms with Crippen LogP contribution in [0, 0.1) is 11.6 Å². The van der Waals surface area contributed by atoms with Gasteiger partial charge in [-0.2, -0.15) is 0 Å². The van der Waals surface area contributed by atoms with Gasteiger partial charge in [-0.1, -0.05) is 6.07 Å². The third-order valence-electron chi connectivity index (χ3n) is 2.35. The SMILES string of the molecule is NCCCCC(=O)Cc1c(F)cccc1F. The summed E-state index contributed by atoms with van der Waals surface area (Å²) in [5.74, 6) is -1.48. The molecule has 0 heterocycles. The Labute approximate surface area is 93.5 Å². The minimum absolute atomic E-state index is 0.139. The first-order valence-electron chi connectivity index (χ1n) is 5.30. The number of hydrogen-bond donors (Lipinski definition) is 1. The third kappa shape index (κ3) is 3.70. The lowest BCUT2D eigenvalue weighted by Gasteiger charge is -2.04. The summed E-state index contributed by atoms with van der Waals surface area (Å²) < 4.78 is 26.4. The van der Waals surface area contributed by atoms with Gasteiger partial charge in [0.2, 0.25) is 0 Å². The van der Waals surface area contributed by atoms with E-state index < -0.39 is 11.6 Å². The van der Waals surface area contributed by atoms with E-state index in [4.69, 9.17) is 5.73 Å². The predicted octanol–water partition coefficient (Wildman–Crippen LogP) is 2.21. The van der Waals surface area contributed by atoms with Crippen molar-refractivity contribution in [2.45, 2.75) is 25.7 Å². The maximum absolute atomic E-state index is 13.2. The lowest BCUT2D eigenvalue weighted by atomic mass is 10.0. The number of unbranched alkanes of at least 4 members (excludes halogenated alkanes) is 1. The van der Waals surface area contributed by atoms with Gasteiger partial charge in [0.15, 0.2) is 0 Å². The van der Waals surface area contributed by atoms with E-state index in [1.54, 1.807) is 0 Å². The first-order chi connectivity index (χ1) is 7.65. The van der Waals surface area contributed by atoms with Crippen LogP contribution < -0.4 is 5.73 Å². The van der Waals surface area contributed by atoms with Crippen LogP contribution in [0.4, 0.5) is 8.78 Å². The lowest BCUT2D eigenvalue weighted by molar-refractivity contribution is -0.118. The highest BCUT2D eigenvalue weighted by molar-refractivity contribution is 5.80. The Hall–Kier alpha value is -1.29. The van der Waals surface area contributed by atoms with Crippen molar-refractivity contribution in [1.29, 1.82) is 0 Å². The highest BCUT2D eigenvalue weighted by Gasteiger charge is 2.12. The Balaban J connectivity index is 2.56. The molecular weight excluding hydrogens is 212 g/mol. The summed E-state index contributed by atoms with van der Waals surface area (Å²) in [7, 11) is 0. The highest BCUT2D eigenvalue weighted by atomic mass is 19.1. The fourth-order valence-corrected chi connectivity index (χ4v) is 1.45. The van der Waals surface area contributed by atoms with Gasteiger partial charge in [0.25, 0.3) is 0 Å². The van der Waals surface area contributed by atoms with Gasteiger partial charge < -0.3 is 5.73 Å². The second-order valence-electron chi connectivity index (χ2n) is 3.66. The summed E-state index contributed by atoms with van der Waals surface area (Å²) in [6.07, 6.45) is 1.57.